The maximum Gasteiger partial charge on any atom is 0.371 e. The zero-order valence-electron chi connectivity index (χ0n) is 11.2. The Hall–Kier alpha value is -0.900. The second-order valence-electron chi connectivity index (χ2n) is 4.73. The number of sulfonamides is 1. The highest BCUT2D eigenvalue weighted by Gasteiger charge is 2.25. The molecule has 7 nitrogen and oxygen atoms in total. The smallest absolute Gasteiger partial charge is 0.371 e. The number of halogens is 1. The van der Waals surface area contributed by atoms with E-state index in [0.717, 1.165) is 25.3 Å². The van der Waals surface area contributed by atoms with Crippen LogP contribution >= 0.6 is 15.9 Å². The lowest BCUT2D eigenvalue weighted by Crippen LogP contribution is -2.29. The summed E-state index contributed by atoms with van der Waals surface area (Å²) in [7, 11) is -3.81. The summed E-state index contributed by atoms with van der Waals surface area (Å²) >= 11 is 2.92. The molecule has 2 rings (SSSR count). The van der Waals surface area contributed by atoms with Gasteiger partial charge in [-0.05, 0) is 41.6 Å². The molecule has 0 aliphatic carbocycles. The average molecular weight is 382 g/mol. The zero-order chi connectivity index (χ0) is 15.5. The molecule has 0 saturated carbocycles. The first-order chi connectivity index (χ1) is 9.90. The fraction of sp³-hybridized carbons (Fsp3) is 0.583. The molecule has 0 spiro atoms. The molecule has 1 fully saturated rings. The SMILES string of the molecule is O=C(O)c1cc(S(=O)(=O)NCCC2CCCCO2)c(Br)o1. The minimum atomic E-state index is -3.81. The van der Waals surface area contributed by atoms with E-state index in [0.29, 0.717) is 13.0 Å². The molecule has 1 saturated heterocycles. The molecule has 0 bridgehead atoms. The molecule has 2 heterocycles. The van der Waals surface area contributed by atoms with Crippen molar-refractivity contribution in [1.29, 1.82) is 0 Å². The number of hydrogen-bond acceptors (Lipinski definition) is 5. The summed E-state index contributed by atoms with van der Waals surface area (Å²) in [6.45, 7) is 0.944. The summed E-state index contributed by atoms with van der Waals surface area (Å²) in [5.74, 6) is -1.76. The zero-order valence-corrected chi connectivity index (χ0v) is 13.6. The number of ether oxygens (including phenoxy) is 1. The van der Waals surface area contributed by atoms with Gasteiger partial charge in [0.2, 0.25) is 15.8 Å². The number of rotatable bonds is 6. The van der Waals surface area contributed by atoms with Gasteiger partial charge in [0.05, 0.1) is 6.10 Å². The summed E-state index contributed by atoms with van der Waals surface area (Å²) in [6, 6.07) is 0.978. The van der Waals surface area contributed by atoms with Crippen LogP contribution in [0.4, 0.5) is 0 Å². The summed E-state index contributed by atoms with van der Waals surface area (Å²) in [5.41, 5.74) is 0. The van der Waals surface area contributed by atoms with Crippen LogP contribution in [0.1, 0.15) is 36.2 Å². The molecule has 0 amide bonds. The summed E-state index contributed by atoms with van der Waals surface area (Å²) in [4.78, 5) is 10.5. The van der Waals surface area contributed by atoms with Gasteiger partial charge in [0.25, 0.3) is 0 Å². The molecule has 118 valence electrons. The highest BCUT2D eigenvalue weighted by Crippen LogP contribution is 2.26. The Morgan fingerprint density at radius 2 is 2.24 bits per heavy atom. The Labute approximate surface area is 130 Å². The fourth-order valence-corrected chi connectivity index (χ4v) is 4.09. The first-order valence-electron chi connectivity index (χ1n) is 6.54. The Bertz CT molecular complexity index is 605. The molecule has 1 aromatic heterocycles. The lowest BCUT2D eigenvalue weighted by Gasteiger charge is -2.22. The number of carboxylic acid groups (broad SMARTS) is 1. The highest BCUT2D eigenvalue weighted by atomic mass is 79.9. The van der Waals surface area contributed by atoms with Crippen molar-refractivity contribution in [2.24, 2.45) is 0 Å². The first-order valence-corrected chi connectivity index (χ1v) is 8.81. The van der Waals surface area contributed by atoms with Crippen LogP contribution in [0.15, 0.2) is 20.0 Å². The minimum Gasteiger partial charge on any atom is -0.475 e. The Morgan fingerprint density at radius 1 is 1.48 bits per heavy atom. The van der Waals surface area contributed by atoms with Crippen LogP contribution in [0, 0.1) is 0 Å². The van der Waals surface area contributed by atoms with Gasteiger partial charge in [-0.1, -0.05) is 0 Å². The molecule has 9 heteroatoms. The molecule has 21 heavy (non-hydrogen) atoms. The van der Waals surface area contributed by atoms with Crippen LogP contribution in [0.25, 0.3) is 0 Å². The van der Waals surface area contributed by atoms with Crippen molar-refractivity contribution in [3.8, 4) is 0 Å². The van der Waals surface area contributed by atoms with Crippen LogP contribution in [0.2, 0.25) is 0 Å². The number of furan rings is 1. The first kappa shape index (κ1) is 16.5. The number of carbonyl (C=O) groups is 1. The van der Waals surface area contributed by atoms with Crippen LogP contribution in [-0.4, -0.2) is 38.7 Å². The molecule has 1 atom stereocenters. The second-order valence-corrected chi connectivity index (χ2v) is 7.18. The van der Waals surface area contributed by atoms with Crippen LogP contribution in [0.3, 0.4) is 0 Å². The molecule has 1 aromatic rings. The summed E-state index contributed by atoms with van der Waals surface area (Å²) in [6.07, 6.45) is 3.72. The van der Waals surface area contributed by atoms with E-state index in [4.69, 9.17) is 14.3 Å². The van der Waals surface area contributed by atoms with Gasteiger partial charge >= 0.3 is 5.97 Å². The van der Waals surface area contributed by atoms with Crippen molar-refractivity contribution in [2.75, 3.05) is 13.2 Å². The predicted molar refractivity (Wildman–Crippen MR) is 76.8 cm³/mol. The third kappa shape index (κ3) is 4.29. The summed E-state index contributed by atoms with van der Waals surface area (Å²) in [5, 5.41) is 8.79. The van der Waals surface area contributed by atoms with E-state index in [9.17, 15) is 13.2 Å². The normalized spacial score (nSPS) is 19.6. The monoisotopic (exact) mass is 381 g/mol. The van der Waals surface area contributed by atoms with Crippen molar-refractivity contribution in [3.05, 3.63) is 16.5 Å². The van der Waals surface area contributed by atoms with E-state index in [-0.39, 0.29) is 22.2 Å². The number of carboxylic acids is 1. The molecular weight excluding hydrogens is 366 g/mol. The highest BCUT2D eigenvalue weighted by molar-refractivity contribution is 9.10. The number of hydrogen-bond donors (Lipinski definition) is 2. The fourth-order valence-electron chi connectivity index (χ4n) is 2.11. The van der Waals surface area contributed by atoms with Gasteiger partial charge in [0, 0.05) is 19.2 Å². The number of aromatic carboxylic acids is 1. The Morgan fingerprint density at radius 3 is 2.81 bits per heavy atom. The maximum atomic E-state index is 12.1. The molecule has 2 N–H and O–H groups in total. The summed E-state index contributed by atoms with van der Waals surface area (Å²) < 4.78 is 36.8. The van der Waals surface area contributed by atoms with Gasteiger partial charge in [-0.15, -0.1) is 0 Å². The van der Waals surface area contributed by atoms with Crippen LogP contribution in [-0.2, 0) is 14.8 Å². The van der Waals surface area contributed by atoms with Crippen molar-refractivity contribution in [2.45, 2.75) is 36.7 Å². The Kier molecular flexibility index (Phi) is 5.42. The number of nitrogens with one attached hydrogen (secondary N) is 1. The second kappa shape index (κ2) is 6.91. The largest absolute Gasteiger partial charge is 0.475 e. The van der Waals surface area contributed by atoms with Crippen molar-refractivity contribution in [3.63, 3.8) is 0 Å². The predicted octanol–water partition coefficient (Wildman–Crippen LogP) is 1.98. The molecule has 0 aromatic carbocycles. The molecule has 1 aliphatic rings. The maximum absolute atomic E-state index is 12.1. The topological polar surface area (TPSA) is 106 Å². The van der Waals surface area contributed by atoms with Gasteiger partial charge < -0.3 is 14.3 Å². The van der Waals surface area contributed by atoms with E-state index >= 15 is 0 Å². The van der Waals surface area contributed by atoms with E-state index in [2.05, 4.69) is 20.7 Å². The van der Waals surface area contributed by atoms with Gasteiger partial charge in [-0.3, -0.25) is 0 Å². The van der Waals surface area contributed by atoms with Crippen LogP contribution < -0.4 is 4.72 Å². The van der Waals surface area contributed by atoms with Gasteiger partial charge in [-0.25, -0.2) is 17.9 Å². The van der Waals surface area contributed by atoms with E-state index in [1.807, 2.05) is 0 Å². The van der Waals surface area contributed by atoms with Gasteiger partial charge in [0.1, 0.15) is 4.90 Å². The van der Waals surface area contributed by atoms with E-state index in [1.165, 1.54) is 0 Å². The standard InChI is InChI=1S/C12H16BrNO6S/c13-11-10(7-9(20-11)12(15)16)21(17,18)14-5-4-8-3-1-2-6-19-8/h7-8,14H,1-6H2,(H,15,16). The molecule has 1 unspecified atom stereocenters. The van der Waals surface area contributed by atoms with Crippen molar-refractivity contribution >= 4 is 31.9 Å². The minimum absolute atomic E-state index is 0.0730. The third-order valence-electron chi connectivity index (χ3n) is 3.19. The Balaban J connectivity index is 1.96. The lowest BCUT2D eigenvalue weighted by molar-refractivity contribution is 0.0123. The van der Waals surface area contributed by atoms with Crippen molar-refractivity contribution < 1.29 is 27.5 Å². The molecular formula is C12H16BrNO6S. The van der Waals surface area contributed by atoms with E-state index in [1.54, 1.807) is 0 Å². The molecule has 1 aliphatic heterocycles. The van der Waals surface area contributed by atoms with E-state index < -0.39 is 21.8 Å². The average Bonchev–Trinajstić information content (AvgIpc) is 2.83. The quantitative estimate of drug-likeness (QED) is 0.780. The van der Waals surface area contributed by atoms with Gasteiger partial charge in [-0.2, -0.15) is 0 Å². The van der Waals surface area contributed by atoms with Crippen molar-refractivity contribution in [1.82, 2.24) is 4.72 Å². The molecule has 0 radical (unpaired) electrons. The lowest BCUT2D eigenvalue weighted by atomic mass is 10.1. The van der Waals surface area contributed by atoms with Gasteiger partial charge in [0.15, 0.2) is 4.67 Å². The van der Waals surface area contributed by atoms with Crippen LogP contribution in [0.5, 0.6) is 0 Å². The third-order valence-corrected chi connectivity index (χ3v) is 5.51.